The molecule has 1 N–H and O–H groups in total. The van der Waals surface area contributed by atoms with Crippen molar-refractivity contribution in [3.05, 3.63) is 23.8 Å². The summed E-state index contributed by atoms with van der Waals surface area (Å²) in [5.74, 6) is 0.879. The first-order chi connectivity index (χ1) is 8.06. The van der Waals surface area contributed by atoms with E-state index in [1.54, 1.807) is 6.07 Å². The van der Waals surface area contributed by atoms with Gasteiger partial charge >= 0.3 is 5.97 Å². The topological polar surface area (TPSA) is 55.8 Å². The molecule has 1 heterocycles. The minimum atomic E-state index is -0.925. The molecule has 1 aliphatic rings. The molecule has 1 aromatic rings. The molecule has 1 atom stereocenters. The first-order valence-electron chi connectivity index (χ1n) is 5.71. The molecule has 0 spiro atoms. The van der Waals surface area contributed by atoms with E-state index in [2.05, 4.69) is 13.8 Å². The van der Waals surface area contributed by atoms with Crippen LogP contribution in [0.2, 0.25) is 0 Å². The van der Waals surface area contributed by atoms with Crippen LogP contribution in [0.1, 0.15) is 19.4 Å². The van der Waals surface area contributed by atoms with E-state index in [0.29, 0.717) is 24.7 Å². The normalized spacial score (nSPS) is 17.7. The maximum absolute atomic E-state index is 10.8. The van der Waals surface area contributed by atoms with Crippen LogP contribution in [0.15, 0.2) is 18.2 Å². The summed E-state index contributed by atoms with van der Waals surface area (Å²) in [5.41, 5.74) is 0.925. The average Bonchev–Trinajstić information content (AvgIpc) is 2.69. The number of carboxylic acid groups (broad SMARTS) is 1. The Morgan fingerprint density at radius 3 is 3.00 bits per heavy atom. The van der Waals surface area contributed by atoms with Gasteiger partial charge in [-0.2, -0.15) is 0 Å². The van der Waals surface area contributed by atoms with Gasteiger partial charge in [-0.1, -0.05) is 19.9 Å². The third-order valence-electron chi connectivity index (χ3n) is 2.57. The summed E-state index contributed by atoms with van der Waals surface area (Å²) in [4.78, 5) is 10.8. The van der Waals surface area contributed by atoms with E-state index in [9.17, 15) is 4.79 Å². The molecule has 0 fully saturated rings. The molecular weight excluding hydrogens is 220 g/mol. The lowest BCUT2D eigenvalue weighted by Crippen LogP contribution is -2.24. The van der Waals surface area contributed by atoms with Crippen LogP contribution in [0.25, 0.3) is 0 Å². The molecule has 17 heavy (non-hydrogen) atoms. The van der Waals surface area contributed by atoms with E-state index < -0.39 is 12.1 Å². The van der Waals surface area contributed by atoms with Crippen LogP contribution in [0, 0.1) is 5.92 Å². The van der Waals surface area contributed by atoms with Gasteiger partial charge in [0.1, 0.15) is 11.5 Å². The lowest BCUT2D eigenvalue weighted by atomic mass is 10.1. The fourth-order valence-electron chi connectivity index (χ4n) is 1.70. The van der Waals surface area contributed by atoms with Crippen LogP contribution < -0.4 is 9.47 Å². The number of aliphatic carboxylic acids is 1. The number of ether oxygens (including phenoxy) is 2. The quantitative estimate of drug-likeness (QED) is 0.869. The molecule has 0 aromatic heterocycles. The Morgan fingerprint density at radius 2 is 2.35 bits per heavy atom. The smallest absolute Gasteiger partial charge is 0.345 e. The number of rotatable bonds is 4. The van der Waals surface area contributed by atoms with Crippen molar-refractivity contribution >= 4 is 5.97 Å². The van der Waals surface area contributed by atoms with Gasteiger partial charge in [-0.3, -0.25) is 0 Å². The van der Waals surface area contributed by atoms with Crippen LogP contribution in [-0.2, 0) is 11.2 Å². The first-order valence-corrected chi connectivity index (χ1v) is 5.71. The highest BCUT2D eigenvalue weighted by Crippen LogP contribution is 2.32. The molecule has 4 heteroatoms. The van der Waals surface area contributed by atoms with E-state index >= 15 is 0 Å². The zero-order valence-corrected chi connectivity index (χ0v) is 9.97. The van der Waals surface area contributed by atoms with Gasteiger partial charge in [-0.25, -0.2) is 4.79 Å². The monoisotopic (exact) mass is 236 g/mol. The third kappa shape index (κ3) is 2.70. The molecule has 2 rings (SSSR count). The van der Waals surface area contributed by atoms with Gasteiger partial charge in [0.25, 0.3) is 0 Å². The molecule has 0 amide bonds. The Morgan fingerprint density at radius 1 is 1.59 bits per heavy atom. The maximum atomic E-state index is 10.8. The highest BCUT2D eigenvalue weighted by Gasteiger charge is 2.28. The Kier molecular flexibility index (Phi) is 3.22. The van der Waals surface area contributed by atoms with Crippen molar-refractivity contribution in [1.82, 2.24) is 0 Å². The lowest BCUT2D eigenvalue weighted by Gasteiger charge is -2.09. The second-order valence-corrected chi connectivity index (χ2v) is 4.62. The summed E-state index contributed by atoms with van der Waals surface area (Å²) in [6.07, 6.45) is -0.333. The molecular formula is C13H16O4. The van der Waals surface area contributed by atoms with E-state index in [1.165, 1.54) is 0 Å². The van der Waals surface area contributed by atoms with Crippen LogP contribution in [0.3, 0.4) is 0 Å². The summed E-state index contributed by atoms with van der Waals surface area (Å²) in [7, 11) is 0. The molecule has 0 bridgehead atoms. The number of benzene rings is 1. The molecule has 1 aromatic carbocycles. The Bertz CT molecular complexity index is 425. The summed E-state index contributed by atoms with van der Waals surface area (Å²) < 4.78 is 10.9. The van der Waals surface area contributed by atoms with E-state index in [0.717, 1.165) is 11.3 Å². The SMILES string of the molecule is CC(C)COc1ccc2c(c1)OC(C(=O)O)C2. The van der Waals surface area contributed by atoms with Gasteiger partial charge < -0.3 is 14.6 Å². The summed E-state index contributed by atoms with van der Waals surface area (Å²) in [6.45, 7) is 4.79. The molecule has 1 aliphatic heterocycles. The second-order valence-electron chi connectivity index (χ2n) is 4.62. The molecule has 4 nitrogen and oxygen atoms in total. The fraction of sp³-hybridized carbons (Fsp3) is 0.462. The van der Waals surface area contributed by atoms with Crippen molar-refractivity contribution < 1.29 is 19.4 Å². The Balaban J connectivity index is 2.07. The van der Waals surface area contributed by atoms with Gasteiger partial charge in [0.05, 0.1) is 6.61 Å². The number of hydrogen-bond acceptors (Lipinski definition) is 3. The zero-order valence-electron chi connectivity index (χ0n) is 9.97. The third-order valence-corrected chi connectivity index (χ3v) is 2.57. The number of carbonyl (C=O) groups is 1. The van der Waals surface area contributed by atoms with Crippen molar-refractivity contribution in [2.75, 3.05) is 6.61 Å². The Labute approximate surface area is 100 Å². The van der Waals surface area contributed by atoms with Crippen LogP contribution >= 0.6 is 0 Å². The van der Waals surface area contributed by atoms with Gasteiger partial charge in [0.15, 0.2) is 6.10 Å². The van der Waals surface area contributed by atoms with Crippen molar-refractivity contribution in [2.45, 2.75) is 26.4 Å². The van der Waals surface area contributed by atoms with Crippen LogP contribution in [-0.4, -0.2) is 23.8 Å². The molecule has 0 radical (unpaired) electrons. The Hall–Kier alpha value is -1.71. The molecule has 0 saturated carbocycles. The van der Waals surface area contributed by atoms with Gasteiger partial charge in [0, 0.05) is 12.5 Å². The summed E-state index contributed by atoms with van der Waals surface area (Å²) in [5, 5.41) is 8.87. The molecule has 1 unspecified atom stereocenters. The first kappa shape index (κ1) is 11.8. The van der Waals surface area contributed by atoms with Crippen molar-refractivity contribution in [1.29, 1.82) is 0 Å². The lowest BCUT2D eigenvalue weighted by molar-refractivity contribution is -0.144. The minimum Gasteiger partial charge on any atom is -0.493 e. The highest BCUT2D eigenvalue weighted by atomic mass is 16.5. The molecule has 92 valence electrons. The van der Waals surface area contributed by atoms with Gasteiger partial charge in [-0.05, 0) is 17.5 Å². The summed E-state index contributed by atoms with van der Waals surface area (Å²) in [6, 6.07) is 5.49. The molecule has 0 saturated heterocycles. The summed E-state index contributed by atoms with van der Waals surface area (Å²) >= 11 is 0. The number of carboxylic acids is 1. The predicted octanol–water partition coefficient (Wildman–Crippen LogP) is 2.11. The fourth-order valence-corrected chi connectivity index (χ4v) is 1.70. The average molecular weight is 236 g/mol. The standard InChI is InChI=1S/C13H16O4/c1-8(2)7-16-10-4-3-9-5-12(13(14)15)17-11(9)6-10/h3-4,6,8,12H,5,7H2,1-2H3,(H,14,15). The highest BCUT2D eigenvalue weighted by molar-refractivity contribution is 5.74. The van der Waals surface area contributed by atoms with E-state index in [4.69, 9.17) is 14.6 Å². The van der Waals surface area contributed by atoms with Crippen LogP contribution in [0.4, 0.5) is 0 Å². The van der Waals surface area contributed by atoms with Crippen molar-refractivity contribution in [3.8, 4) is 11.5 Å². The molecule has 0 aliphatic carbocycles. The number of fused-ring (bicyclic) bond motifs is 1. The zero-order chi connectivity index (χ0) is 12.4. The van der Waals surface area contributed by atoms with Crippen molar-refractivity contribution in [2.24, 2.45) is 5.92 Å². The second kappa shape index (κ2) is 4.65. The van der Waals surface area contributed by atoms with Crippen molar-refractivity contribution in [3.63, 3.8) is 0 Å². The van der Waals surface area contributed by atoms with E-state index in [1.807, 2.05) is 12.1 Å². The van der Waals surface area contributed by atoms with Crippen LogP contribution in [0.5, 0.6) is 11.5 Å². The van der Waals surface area contributed by atoms with Gasteiger partial charge in [0.2, 0.25) is 0 Å². The maximum Gasteiger partial charge on any atom is 0.345 e. The van der Waals surface area contributed by atoms with E-state index in [-0.39, 0.29) is 0 Å². The predicted molar refractivity (Wildman–Crippen MR) is 62.5 cm³/mol. The van der Waals surface area contributed by atoms with Gasteiger partial charge in [-0.15, -0.1) is 0 Å². The minimum absolute atomic E-state index is 0.426. The largest absolute Gasteiger partial charge is 0.493 e. The number of hydrogen-bond donors (Lipinski definition) is 1.